The summed E-state index contributed by atoms with van der Waals surface area (Å²) in [7, 11) is 0. The van der Waals surface area contributed by atoms with Crippen LogP contribution in [-0.4, -0.2) is 19.9 Å². The van der Waals surface area contributed by atoms with Crippen LogP contribution < -0.4 is 0 Å². The number of hydrogen-bond donors (Lipinski definition) is 0. The molecule has 0 radical (unpaired) electrons. The van der Waals surface area contributed by atoms with Crippen molar-refractivity contribution < 1.29 is 8.83 Å². The van der Waals surface area contributed by atoms with Gasteiger partial charge in [0.25, 0.3) is 0 Å². The van der Waals surface area contributed by atoms with Crippen LogP contribution >= 0.6 is 0 Å². The highest BCUT2D eigenvalue weighted by atomic mass is 16.4. The maximum absolute atomic E-state index is 6.54. The van der Waals surface area contributed by atoms with E-state index in [0.717, 1.165) is 93.5 Å². The molecule has 9 aromatic carbocycles. The SMILES string of the molecule is c1ccc(-c2cc(-c3ccccc3)cc(-c3nc(-c4ccc5ccc6oc7ccc8nc(-c9ccccc9)oc8c7c6c5c4)nc(-c4cccc5ccccc45)n3)c2)cc1. The quantitative estimate of drug-likeness (QED) is 0.168. The van der Waals surface area contributed by atoms with E-state index >= 15 is 0 Å². The van der Waals surface area contributed by atoms with Crippen LogP contribution in [0.25, 0.3) is 122 Å². The van der Waals surface area contributed by atoms with E-state index in [0.29, 0.717) is 28.9 Å². The Morgan fingerprint density at radius 3 is 1.63 bits per heavy atom. The second-order valence-corrected chi connectivity index (χ2v) is 15.0. The standard InChI is InChI=1S/C54H32N4O2/c1-4-13-33(14-5-1)39-29-40(34-15-6-2-7-16-34)31-41(30-39)52-56-51(57-53(58-52)43-22-12-20-35-17-10-11-21-42(35)43)38-24-23-36-25-27-46-48(44(36)32-38)49-47(59-46)28-26-45-50(49)60-54(55-45)37-18-8-3-9-19-37/h1-32H. The van der Waals surface area contributed by atoms with Crippen LogP contribution in [-0.2, 0) is 0 Å². The van der Waals surface area contributed by atoms with Crippen LogP contribution in [0.2, 0.25) is 0 Å². The molecule has 3 aromatic heterocycles. The molecule has 60 heavy (non-hydrogen) atoms. The third-order valence-electron chi connectivity index (χ3n) is 11.3. The van der Waals surface area contributed by atoms with Crippen molar-refractivity contribution >= 4 is 54.6 Å². The number of benzene rings is 9. The summed E-state index contributed by atoms with van der Waals surface area (Å²) in [4.78, 5) is 20.7. The molecule has 0 saturated carbocycles. The lowest BCUT2D eigenvalue weighted by Crippen LogP contribution is -2.01. The Kier molecular flexibility index (Phi) is 7.74. The fourth-order valence-corrected chi connectivity index (χ4v) is 8.43. The zero-order chi connectivity index (χ0) is 39.6. The van der Waals surface area contributed by atoms with Crippen molar-refractivity contribution in [2.75, 3.05) is 0 Å². The van der Waals surface area contributed by atoms with Crippen molar-refractivity contribution in [2.24, 2.45) is 0 Å². The summed E-state index contributed by atoms with van der Waals surface area (Å²) in [5, 5.41) is 6.09. The van der Waals surface area contributed by atoms with Crippen molar-refractivity contribution in [3.63, 3.8) is 0 Å². The number of aromatic nitrogens is 4. The Bertz CT molecular complexity index is 3530. The third kappa shape index (κ3) is 5.73. The Morgan fingerprint density at radius 2 is 0.883 bits per heavy atom. The lowest BCUT2D eigenvalue weighted by molar-refractivity contribution is 0.622. The molecule has 0 fully saturated rings. The Hall–Kier alpha value is -8.22. The van der Waals surface area contributed by atoms with Gasteiger partial charge in [0.2, 0.25) is 5.89 Å². The highest BCUT2D eigenvalue weighted by Gasteiger charge is 2.21. The molecule has 6 heteroatoms. The largest absolute Gasteiger partial charge is 0.456 e. The first-order valence-corrected chi connectivity index (χ1v) is 20.0. The molecule has 0 aliphatic rings. The van der Waals surface area contributed by atoms with E-state index < -0.39 is 0 Å². The summed E-state index contributed by atoms with van der Waals surface area (Å²) in [6, 6.07) is 66.6. The fraction of sp³-hybridized carbons (Fsp3) is 0. The molecular weight excluding hydrogens is 737 g/mol. The topological polar surface area (TPSA) is 77.8 Å². The van der Waals surface area contributed by atoms with Gasteiger partial charge in [0.1, 0.15) is 16.7 Å². The minimum atomic E-state index is 0.567. The minimum absolute atomic E-state index is 0.567. The first kappa shape index (κ1) is 33.9. The van der Waals surface area contributed by atoms with E-state index in [9.17, 15) is 0 Å². The van der Waals surface area contributed by atoms with Gasteiger partial charge < -0.3 is 8.83 Å². The van der Waals surface area contributed by atoms with Gasteiger partial charge in [-0.15, -0.1) is 0 Å². The van der Waals surface area contributed by atoms with Crippen LogP contribution in [0.3, 0.4) is 0 Å². The molecule has 0 unspecified atom stereocenters. The second kappa shape index (κ2) is 13.7. The predicted octanol–water partition coefficient (Wildman–Crippen LogP) is 14.2. The van der Waals surface area contributed by atoms with Gasteiger partial charge >= 0.3 is 0 Å². The van der Waals surface area contributed by atoms with E-state index in [1.807, 2.05) is 60.7 Å². The average molecular weight is 769 g/mol. The molecule has 6 nitrogen and oxygen atoms in total. The highest BCUT2D eigenvalue weighted by Crippen LogP contribution is 2.41. The van der Waals surface area contributed by atoms with Crippen LogP contribution in [0.15, 0.2) is 203 Å². The normalized spacial score (nSPS) is 11.7. The van der Waals surface area contributed by atoms with Gasteiger partial charge in [0.05, 0.1) is 5.39 Å². The van der Waals surface area contributed by atoms with Gasteiger partial charge in [-0.1, -0.05) is 140 Å². The summed E-state index contributed by atoms with van der Waals surface area (Å²) in [6.07, 6.45) is 0. The summed E-state index contributed by atoms with van der Waals surface area (Å²) in [5.74, 6) is 2.32. The number of rotatable bonds is 6. The van der Waals surface area contributed by atoms with E-state index in [4.69, 9.17) is 28.8 Å². The first-order chi connectivity index (χ1) is 29.7. The van der Waals surface area contributed by atoms with Crippen LogP contribution in [0, 0.1) is 0 Å². The zero-order valence-electron chi connectivity index (χ0n) is 32.1. The lowest BCUT2D eigenvalue weighted by Gasteiger charge is -2.13. The number of fused-ring (bicyclic) bond motifs is 8. The minimum Gasteiger partial charge on any atom is -0.456 e. The maximum Gasteiger partial charge on any atom is 0.227 e. The molecule has 0 amide bonds. The monoisotopic (exact) mass is 768 g/mol. The second-order valence-electron chi connectivity index (χ2n) is 15.0. The first-order valence-electron chi connectivity index (χ1n) is 20.0. The van der Waals surface area contributed by atoms with E-state index in [-0.39, 0.29) is 0 Å². The summed E-state index contributed by atoms with van der Waals surface area (Å²) in [5.41, 5.74) is 10.9. The number of furan rings is 1. The molecule has 0 spiro atoms. The van der Waals surface area contributed by atoms with E-state index in [1.165, 1.54) is 0 Å². The van der Waals surface area contributed by atoms with Gasteiger partial charge in [-0.25, -0.2) is 19.9 Å². The van der Waals surface area contributed by atoms with E-state index in [1.54, 1.807) is 0 Å². The Balaban J connectivity index is 1.10. The van der Waals surface area contributed by atoms with Crippen LogP contribution in [0.1, 0.15) is 0 Å². The molecule has 0 aliphatic heterocycles. The predicted molar refractivity (Wildman–Crippen MR) is 242 cm³/mol. The number of nitrogens with zero attached hydrogens (tertiary/aromatic N) is 4. The number of oxazole rings is 1. The molecule has 12 aromatic rings. The third-order valence-corrected chi connectivity index (χ3v) is 11.3. The lowest BCUT2D eigenvalue weighted by atomic mass is 9.95. The smallest absolute Gasteiger partial charge is 0.227 e. The molecule has 0 bridgehead atoms. The van der Waals surface area contributed by atoms with Gasteiger partial charge in [0, 0.05) is 27.6 Å². The molecule has 280 valence electrons. The molecule has 12 rings (SSSR count). The summed E-state index contributed by atoms with van der Waals surface area (Å²) >= 11 is 0. The zero-order valence-corrected chi connectivity index (χ0v) is 32.1. The van der Waals surface area contributed by atoms with Crippen LogP contribution in [0.5, 0.6) is 0 Å². The van der Waals surface area contributed by atoms with Crippen LogP contribution in [0.4, 0.5) is 0 Å². The Labute approximate surface area is 344 Å². The average Bonchev–Trinajstić information content (AvgIpc) is 3.94. The van der Waals surface area contributed by atoms with Crippen molar-refractivity contribution in [2.45, 2.75) is 0 Å². The number of hydrogen-bond acceptors (Lipinski definition) is 6. The molecule has 3 heterocycles. The molecule has 0 aliphatic carbocycles. The molecule has 0 atom stereocenters. The van der Waals surface area contributed by atoms with Gasteiger partial charge in [0.15, 0.2) is 23.1 Å². The van der Waals surface area contributed by atoms with Crippen molar-refractivity contribution in [3.05, 3.63) is 194 Å². The highest BCUT2D eigenvalue weighted by molar-refractivity contribution is 6.25. The van der Waals surface area contributed by atoms with Gasteiger partial charge in [-0.2, -0.15) is 0 Å². The molecule has 0 N–H and O–H groups in total. The maximum atomic E-state index is 6.54. The van der Waals surface area contributed by atoms with Crippen molar-refractivity contribution in [1.82, 2.24) is 19.9 Å². The van der Waals surface area contributed by atoms with E-state index in [2.05, 4.69) is 133 Å². The molecular formula is C54H32N4O2. The Morgan fingerprint density at radius 1 is 0.317 bits per heavy atom. The van der Waals surface area contributed by atoms with Gasteiger partial charge in [-0.05, 0) is 98.4 Å². The van der Waals surface area contributed by atoms with Gasteiger partial charge in [-0.3, -0.25) is 0 Å². The fourth-order valence-electron chi connectivity index (χ4n) is 8.43. The van der Waals surface area contributed by atoms with Crippen molar-refractivity contribution in [1.29, 1.82) is 0 Å². The van der Waals surface area contributed by atoms with Crippen molar-refractivity contribution in [3.8, 4) is 67.9 Å². The summed E-state index contributed by atoms with van der Waals surface area (Å²) in [6.45, 7) is 0. The summed E-state index contributed by atoms with van der Waals surface area (Å²) < 4.78 is 13.0. The molecule has 0 saturated heterocycles.